The second-order valence-electron chi connectivity index (χ2n) is 10.3. The van der Waals surface area contributed by atoms with Gasteiger partial charge in [-0.1, -0.05) is 45.1 Å². The van der Waals surface area contributed by atoms with E-state index < -0.39 is 64.4 Å². The molecule has 0 spiro atoms. The average Bonchev–Trinajstić information content (AvgIpc) is 2.82. The second kappa shape index (κ2) is 9.82. The summed E-state index contributed by atoms with van der Waals surface area (Å²) < 4.78 is 0. The van der Waals surface area contributed by atoms with Crippen LogP contribution in [0, 0.1) is 11.8 Å². The third-order valence-electron chi connectivity index (χ3n) is 8.06. The Kier molecular flexibility index (Phi) is 7.12. The third kappa shape index (κ3) is 3.96. The fourth-order valence-corrected chi connectivity index (χ4v) is 6.15. The van der Waals surface area contributed by atoms with Crippen molar-refractivity contribution in [1.29, 1.82) is 0 Å². The van der Waals surface area contributed by atoms with Gasteiger partial charge in [0.05, 0.1) is 11.7 Å². The Labute approximate surface area is 210 Å². The first-order chi connectivity index (χ1) is 17.0. The molecule has 1 saturated carbocycles. The Morgan fingerprint density at radius 1 is 1.03 bits per heavy atom. The Morgan fingerprint density at radius 3 is 2.36 bits per heavy atom. The van der Waals surface area contributed by atoms with Crippen LogP contribution >= 0.6 is 0 Å². The molecule has 4 atom stereocenters. The summed E-state index contributed by atoms with van der Waals surface area (Å²) in [7, 11) is 0. The number of unbranched alkanes of at least 4 members (excludes halogenated alkanes) is 5. The SMILES string of the molecule is CCCCCCCCc1ccc(O)c2c1C[C@@H]1C(=C2O)C(=O)[C@]2(O)C(O)=C(C(C)=O)C(=O)C[C@@H]2[C@H]1O. The molecule has 0 radical (unpaired) electrons. The van der Waals surface area contributed by atoms with Gasteiger partial charge in [-0.15, -0.1) is 0 Å². The summed E-state index contributed by atoms with van der Waals surface area (Å²) >= 11 is 0. The highest BCUT2D eigenvalue weighted by Gasteiger charge is 2.63. The first-order valence-electron chi connectivity index (χ1n) is 12.8. The molecule has 0 bridgehead atoms. The lowest BCUT2D eigenvalue weighted by Crippen LogP contribution is -2.63. The molecule has 0 heterocycles. The molecule has 8 heteroatoms. The van der Waals surface area contributed by atoms with Gasteiger partial charge in [-0.25, -0.2) is 0 Å². The zero-order valence-electron chi connectivity index (χ0n) is 20.7. The van der Waals surface area contributed by atoms with Gasteiger partial charge < -0.3 is 25.5 Å². The van der Waals surface area contributed by atoms with Crippen molar-refractivity contribution >= 4 is 23.1 Å². The van der Waals surface area contributed by atoms with Crippen molar-refractivity contribution in [3.63, 3.8) is 0 Å². The molecular weight excluding hydrogens is 464 g/mol. The number of ketones is 3. The highest BCUT2D eigenvalue weighted by Crippen LogP contribution is 2.52. The number of carbonyl (C=O) groups is 3. The molecule has 0 aliphatic heterocycles. The van der Waals surface area contributed by atoms with E-state index in [1.165, 1.54) is 18.9 Å². The van der Waals surface area contributed by atoms with Gasteiger partial charge in [-0.2, -0.15) is 0 Å². The van der Waals surface area contributed by atoms with Crippen LogP contribution in [-0.4, -0.2) is 54.6 Å². The molecule has 194 valence electrons. The molecule has 0 unspecified atom stereocenters. The van der Waals surface area contributed by atoms with Gasteiger partial charge in [-0.05, 0) is 43.4 Å². The number of hydrogen-bond donors (Lipinski definition) is 5. The van der Waals surface area contributed by atoms with Gasteiger partial charge in [0.15, 0.2) is 17.2 Å². The number of aromatic hydroxyl groups is 1. The molecule has 3 aliphatic carbocycles. The maximum absolute atomic E-state index is 13.6. The van der Waals surface area contributed by atoms with Crippen molar-refractivity contribution in [3.8, 4) is 5.75 Å². The average molecular weight is 499 g/mol. The molecule has 1 aromatic rings. The molecule has 36 heavy (non-hydrogen) atoms. The maximum atomic E-state index is 13.6. The molecule has 4 rings (SSSR count). The van der Waals surface area contributed by atoms with Crippen LogP contribution in [0.2, 0.25) is 0 Å². The maximum Gasteiger partial charge on any atom is 0.202 e. The van der Waals surface area contributed by atoms with Crippen LogP contribution in [0.1, 0.15) is 75.5 Å². The van der Waals surface area contributed by atoms with Crippen molar-refractivity contribution in [2.24, 2.45) is 11.8 Å². The number of allylic oxidation sites excluding steroid dienone is 1. The van der Waals surface area contributed by atoms with Gasteiger partial charge in [0, 0.05) is 23.8 Å². The van der Waals surface area contributed by atoms with Crippen LogP contribution in [-0.2, 0) is 27.2 Å². The number of rotatable bonds is 8. The monoisotopic (exact) mass is 498 g/mol. The number of aryl methyl sites for hydroxylation is 1. The van der Waals surface area contributed by atoms with E-state index in [1.807, 2.05) is 0 Å². The lowest BCUT2D eigenvalue weighted by atomic mass is 9.57. The quantitative estimate of drug-likeness (QED) is 0.270. The Hall–Kier alpha value is -2.97. The minimum Gasteiger partial charge on any atom is -0.508 e. The Balaban J connectivity index is 1.75. The minimum atomic E-state index is -2.72. The van der Waals surface area contributed by atoms with Crippen molar-refractivity contribution in [2.45, 2.75) is 83.3 Å². The summed E-state index contributed by atoms with van der Waals surface area (Å²) in [5, 5.41) is 55.1. The van der Waals surface area contributed by atoms with Crippen molar-refractivity contribution < 1.29 is 39.9 Å². The molecule has 5 N–H and O–H groups in total. The van der Waals surface area contributed by atoms with Crippen LogP contribution in [0.5, 0.6) is 5.75 Å². The number of carbonyl (C=O) groups excluding carboxylic acids is 3. The van der Waals surface area contributed by atoms with E-state index in [-0.39, 0.29) is 23.3 Å². The van der Waals surface area contributed by atoms with E-state index in [1.54, 1.807) is 6.07 Å². The third-order valence-corrected chi connectivity index (χ3v) is 8.06. The summed E-state index contributed by atoms with van der Waals surface area (Å²) in [6, 6.07) is 3.23. The van der Waals surface area contributed by atoms with Gasteiger partial charge in [-0.3, -0.25) is 14.4 Å². The number of hydrogen-bond acceptors (Lipinski definition) is 8. The van der Waals surface area contributed by atoms with Crippen LogP contribution in [0.3, 0.4) is 0 Å². The Morgan fingerprint density at radius 2 is 1.69 bits per heavy atom. The van der Waals surface area contributed by atoms with E-state index in [4.69, 9.17) is 0 Å². The van der Waals surface area contributed by atoms with Crippen LogP contribution in [0.15, 0.2) is 29.0 Å². The predicted molar refractivity (Wildman–Crippen MR) is 131 cm³/mol. The number of phenolic OH excluding ortho intramolecular Hbond substituents is 1. The van der Waals surface area contributed by atoms with Gasteiger partial charge in [0.2, 0.25) is 5.78 Å². The largest absolute Gasteiger partial charge is 0.508 e. The van der Waals surface area contributed by atoms with E-state index in [9.17, 15) is 39.9 Å². The van der Waals surface area contributed by atoms with E-state index >= 15 is 0 Å². The topological polar surface area (TPSA) is 152 Å². The molecule has 1 fully saturated rings. The standard InChI is InChI=1S/C28H34O8/c1-3-4-5-6-7-8-9-15-10-11-19(30)22-16(15)12-17-23(25(22)33)27(35)28(36)18(24(17)32)13-20(31)21(14(2)29)26(28)34/h10-11,17-18,24,30,32-34,36H,3-9,12-13H2,1-2H3/t17-,18-,24+,28-/m1/s1. The van der Waals surface area contributed by atoms with Crippen LogP contribution in [0.4, 0.5) is 0 Å². The zero-order valence-corrected chi connectivity index (χ0v) is 20.7. The summed E-state index contributed by atoms with van der Waals surface area (Å²) in [5.41, 5.74) is -2.12. The van der Waals surface area contributed by atoms with Gasteiger partial charge >= 0.3 is 0 Å². The van der Waals surface area contributed by atoms with Crippen molar-refractivity contribution in [1.82, 2.24) is 0 Å². The summed E-state index contributed by atoms with van der Waals surface area (Å²) in [6.07, 6.45) is 5.45. The highest BCUT2D eigenvalue weighted by molar-refractivity contribution is 6.23. The molecule has 8 nitrogen and oxygen atoms in total. The minimum absolute atomic E-state index is 0.0782. The molecule has 0 saturated heterocycles. The van der Waals surface area contributed by atoms with E-state index in [2.05, 4.69) is 6.92 Å². The number of aliphatic hydroxyl groups is 4. The molecule has 1 aromatic carbocycles. The van der Waals surface area contributed by atoms with Crippen LogP contribution in [0.25, 0.3) is 5.76 Å². The van der Waals surface area contributed by atoms with Gasteiger partial charge in [0.25, 0.3) is 0 Å². The van der Waals surface area contributed by atoms with E-state index in [0.717, 1.165) is 38.2 Å². The fraction of sp³-hybridized carbons (Fsp3) is 0.536. The second-order valence-corrected chi connectivity index (χ2v) is 10.3. The summed E-state index contributed by atoms with van der Waals surface area (Å²) in [4.78, 5) is 38.1. The highest BCUT2D eigenvalue weighted by atomic mass is 16.4. The first-order valence-corrected chi connectivity index (χ1v) is 12.8. The zero-order chi connectivity index (χ0) is 26.4. The first kappa shape index (κ1) is 26.1. The van der Waals surface area contributed by atoms with Crippen molar-refractivity contribution in [3.05, 3.63) is 45.7 Å². The molecular formula is C28H34O8. The normalized spacial score (nSPS) is 27.6. The van der Waals surface area contributed by atoms with Crippen molar-refractivity contribution in [2.75, 3.05) is 0 Å². The summed E-state index contributed by atoms with van der Waals surface area (Å²) in [6.45, 7) is 3.20. The Bertz CT molecular complexity index is 1180. The van der Waals surface area contributed by atoms with Gasteiger partial charge in [0.1, 0.15) is 22.8 Å². The number of aliphatic hydroxyl groups excluding tert-OH is 3. The van der Waals surface area contributed by atoms with E-state index in [0.29, 0.717) is 12.0 Å². The molecule has 0 aromatic heterocycles. The summed E-state index contributed by atoms with van der Waals surface area (Å²) in [5.74, 6) is -6.84. The molecule has 3 aliphatic rings. The van der Waals surface area contributed by atoms with Crippen LogP contribution < -0.4 is 0 Å². The molecule has 0 amide bonds. The number of phenols is 1. The fourth-order valence-electron chi connectivity index (χ4n) is 6.15. The predicted octanol–water partition coefficient (Wildman–Crippen LogP) is 3.40. The lowest BCUT2D eigenvalue weighted by molar-refractivity contribution is -0.159. The lowest BCUT2D eigenvalue weighted by Gasteiger charge is -2.49. The smallest absolute Gasteiger partial charge is 0.202 e. The number of benzene rings is 1. The number of Topliss-reactive ketones (excluding diaryl/α,β-unsaturated/α-hetero) is 3. The number of fused-ring (bicyclic) bond motifs is 3.